The Labute approximate surface area is 79.3 Å². The summed E-state index contributed by atoms with van der Waals surface area (Å²) in [6, 6.07) is -0.194. The molecule has 0 saturated carbocycles. The molecule has 0 heterocycles. The van der Waals surface area contributed by atoms with Crippen molar-refractivity contribution in [3.05, 3.63) is 0 Å². The van der Waals surface area contributed by atoms with Crippen molar-refractivity contribution in [2.75, 3.05) is 13.7 Å². The molecule has 4 nitrogen and oxygen atoms in total. The molecular formula is C9H19NO3. The summed E-state index contributed by atoms with van der Waals surface area (Å²) in [4.78, 5) is 11.3. The predicted molar refractivity (Wildman–Crippen MR) is 50.4 cm³/mol. The molecule has 4 heteroatoms. The summed E-state index contributed by atoms with van der Waals surface area (Å²) in [5, 5.41) is 11.3. The molecule has 0 aliphatic heterocycles. The third-order valence-corrected chi connectivity index (χ3v) is 1.82. The van der Waals surface area contributed by atoms with Gasteiger partial charge in [0.25, 0.3) is 0 Å². The van der Waals surface area contributed by atoms with E-state index in [1.165, 1.54) is 0 Å². The second kappa shape index (κ2) is 5.19. The van der Waals surface area contributed by atoms with Crippen LogP contribution in [0.25, 0.3) is 0 Å². The van der Waals surface area contributed by atoms with Gasteiger partial charge in [-0.3, -0.25) is 4.79 Å². The zero-order chi connectivity index (χ0) is 10.5. The minimum Gasteiger partial charge on any atom is -0.394 e. The first-order chi connectivity index (χ1) is 5.91. The zero-order valence-corrected chi connectivity index (χ0v) is 8.76. The summed E-state index contributed by atoms with van der Waals surface area (Å²) in [5.74, 6) is -0.103. The van der Waals surface area contributed by atoms with Gasteiger partial charge in [-0.2, -0.15) is 0 Å². The summed E-state index contributed by atoms with van der Waals surface area (Å²) in [6.45, 7) is 5.39. The van der Waals surface area contributed by atoms with Crippen LogP contribution in [0.2, 0.25) is 0 Å². The summed E-state index contributed by atoms with van der Waals surface area (Å²) in [5.41, 5.74) is -0.445. The lowest BCUT2D eigenvalue weighted by Gasteiger charge is -2.22. The number of amides is 1. The van der Waals surface area contributed by atoms with Gasteiger partial charge < -0.3 is 15.2 Å². The largest absolute Gasteiger partial charge is 0.394 e. The molecule has 0 rings (SSSR count). The molecule has 1 amide bonds. The molecule has 0 aliphatic rings. The molecule has 78 valence electrons. The number of nitrogens with one attached hydrogen (secondary N) is 1. The fourth-order valence-corrected chi connectivity index (χ4v) is 0.830. The second-order valence-corrected chi connectivity index (χ2v) is 3.79. The van der Waals surface area contributed by atoms with Gasteiger partial charge in [0.15, 0.2) is 0 Å². The van der Waals surface area contributed by atoms with Gasteiger partial charge in [-0.1, -0.05) is 0 Å². The quantitative estimate of drug-likeness (QED) is 0.654. The van der Waals surface area contributed by atoms with Gasteiger partial charge in [0.2, 0.25) is 5.91 Å². The van der Waals surface area contributed by atoms with Gasteiger partial charge in [0.05, 0.1) is 18.6 Å². The lowest BCUT2D eigenvalue weighted by molar-refractivity contribution is -0.127. The number of hydrogen-bond donors (Lipinski definition) is 2. The molecule has 0 aromatic carbocycles. The maximum atomic E-state index is 11.3. The standard InChI is InChI=1S/C9H19NO3/c1-7(6-11)10-8(12)5-9(2,3)13-4/h7,11H,5-6H2,1-4H3,(H,10,12)/t7-/m0/s1. The van der Waals surface area contributed by atoms with Crippen LogP contribution < -0.4 is 5.32 Å². The molecule has 1 atom stereocenters. The van der Waals surface area contributed by atoms with Gasteiger partial charge >= 0.3 is 0 Å². The van der Waals surface area contributed by atoms with Crippen LogP contribution in [-0.4, -0.2) is 36.4 Å². The van der Waals surface area contributed by atoms with Crippen molar-refractivity contribution >= 4 is 5.91 Å². The highest BCUT2D eigenvalue weighted by Gasteiger charge is 2.21. The van der Waals surface area contributed by atoms with Crippen LogP contribution in [0.3, 0.4) is 0 Å². The van der Waals surface area contributed by atoms with E-state index in [1.807, 2.05) is 13.8 Å². The summed E-state index contributed by atoms with van der Waals surface area (Å²) in [6.07, 6.45) is 0.299. The Morgan fingerprint density at radius 2 is 2.15 bits per heavy atom. The number of methoxy groups -OCH3 is 1. The molecule has 0 aliphatic carbocycles. The zero-order valence-electron chi connectivity index (χ0n) is 8.76. The summed E-state index contributed by atoms with van der Waals surface area (Å²) < 4.78 is 5.10. The number of rotatable bonds is 5. The number of aliphatic hydroxyl groups excluding tert-OH is 1. The maximum Gasteiger partial charge on any atom is 0.223 e. The van der Waals surface area contributed by atoms with Crippen LogP contribution >= 0.6 is 0 Å². The third-order valence-electron chi connectivity index (χ3n) is 1.82. The fourth-order valence-electron chi connectivity index (χ4n) is 0.830. The Morgan fingerprint density at radius 3 is 2.54 bits per heavy atom. The highest BCUT2D eigenvalue weighted by Crippen LogP contribution is 2.12. The molecular weight excluding hydrogens is 170 g/mol. The van der Waals surface area contributed by atoms with E-state index in [2.05, 4.69) is 5.32 Å². The Bertz CT molecular complexity index is 168. The van der Waals surface area contributed by atoms with E-state index >= 15 is 0 Å². The first-order valence-corrected chi connectivity index (χ1v) is 4.36. The molecule has 0 aromatic rings. The summed E-state index contributed by atoms with van der Waals surface area (Å²) in [7, 11) is 1.57. The van der Waals surface area contributed by atoms with E-state index in [0.29, 0.717) is 6.42 Å². The van der Waals surface area contributed by atoms with E-state index in [4.69, 9.17) is 9.84 Å². The second-order valence-electron chi connectivity index (χ2n) is 3.79. The van der Waals surface area contributed by atoms with Crippen LogP contribution in [0, 0.1) is 0 Å². The van der Waals surface area contributed by atoms with E-state index in [9.17, 15) is 4.79 Å². The lowest BCUT2D eigenvalue weighted by Crippen LogP contribution is -2.39. The number of carbonyl (C=O) groups is 1. The number of carbonyl (C=O) groups excluding carboxylic acids is 1. The van der Waals surface area contributed by atoms with E-state index in [1.54, 1.807) is 14.0 Å². The number of hydrogen-bond acceptors (Lipinski definition) is 3. The number of aliphatic hydroxyl groups is 1. The minimum atomic E-state index is -0.445. The molecule has 13 heavy (non-hydrogen) atoms. The van der Waals surface area contributed by atoms with Gasteiger partial charge in [0.1, 0.15) is 0 Å². The topological polar surface area (TPSA) is 58.6 Å². The Kier molecular flexibility index (Phi) is 4.95. The molecule has 0 bridgehead atoms. The van der Waals surface area contributed by atoms with Crippen LogP contribution in [0.15, 0.2) is 0 Å². The van der Waals surface area contributed by atoms with Crippen LogP contribution in [0.1, 0.15) is 27.2 Å². The summed E-state index contributed by atoms with van der Waals surface area (Å²) >= 11 is 0. The third kappa shape index (κ3) is 5.60. The van der Waals surface area contributed by atoms with Gasteiger partial charge in [-0.05, 0) is 20.8 Å². The van der Waals surface area contributed by atoms with Crippen molar-refractivity contribution in [1.82, 2.24) is 5.32 Å². The molecule has 0 spiro atoms. The average molecular weight is 189 g/mol. The Balaban J connectivity index is 3.87. The smallest absolute Gasteiger partial charge is 0.223 e. The minimum absolute atomic E-state index is 0.0425. The van der Waals surface area contributed by atoms with Crippen molar-refractivity contribution in [1.29, 1.82) is 0 Å². The van der Waals surface area contributed by atoms with Crippen molar-refractivity contribution in [3.8, 4) is 0 Å². The maximum absolute atomic E-state index is 11.3. The highest BCUT2D eigenvalue weighted by atomic mass is 16.5. The SMILES string of the molecule is COC(C)(C)CC(=O)N[C@@H](C)CO. The molecule has 0 aromatic heterocycles. The first-order valence-electron chi connectivity index (χ1n) is 4.36. The van der Waals surface area contributed by atoms with Crippen LogP contribution in [-0.2, 0) is 9.53 Å². The highest BCUT2D eigenvalue weighted by molar-refractivity contribution is 5.77. The molecule has 2 N–H and O–H groups in total. The van der Waals surface area contributed by atoms with Crippen molar-refractivity contribution in [3.63, 3.8) is 0 Å². The van der Waals surface area contributed by atoms with Gasteiger partial charge in [-0.25, -0.2) is 0 Å². The average Bonchev–Trinajstić information content (AvgIpc) is 2.03. The van der Waals surface area contributed by atoms with Crippen molar-refractivity contribution < 1.29 is 14.6 Å². The fraction of sp³-hybridized carbons (Fsp3) is 0.889. The molecule has 0 unspecified atom stereocenters. The van der Waals surface area contributed by atoms with Gasteiger partial charge in [0, 0.05) is 13.2 Å². The normalized spacial score (nSPS) is 13.9. The Hall–Kier alpha value is -0.610. The van der Waals surface area contributed by atoms with Crippen molar-refractivity contribution in [2.45, 2.75) is 38.8 Å². The van der Waals surface area contributed by atoms with Crippen LogP contribution in [0.4, 0.5) is 0 Å². The first kappa shape index (κ1) is 12.4. The monoisotopic (exact) mass is 189 g/mol. The number of ether oxygens (including phenoxy) is 1. The van der Waals surface area contributed by atoms with Gasteiger partial charge in [-0.15, -0.1) is 0 Å². The molecule has 0 saturated heterocycles. The van der Waals surface area contributed by atoms with E-state index in [-0.39, 0.29) is 18.6 Å². The van der Waals surface area contributed by atoms with E-state index < -0.39 is 5.60 Å². The molecule has 0 fully saturated rings. The lowest BCUT2D eigenvalue weighted by atomic mass is 10.0. The van der Waals surface area contributed by atoms with Crippen LogP contribution in [0.5, 0.6) is 0 Å². The van der Waals surface area contributed by atoms with E-state index in [0.717, 1.165) is 0 Å². The predicted octanol–water partition coefficient (Wildman–Crippen LogP) is 0.299. The Morgan fingerprint density at radius 1 is 1.62 bits per heavy atom. The van der Waals surface area contributed by atoms with Crippen molar-refractivity contribution in [2.24, 2.45) is 0 Å². The molecule has 0 radical (unpaired) electrons.